The lowest BCUT2D eigenvalue weighted by Crippen LogP contribution is -2.30. The van der Waals surface area contributed by atoms with Crippen molar-refractivity contribution in [3.8, 4) is 10.7 Å². The van der Waals surface area contributed by atoms with E-state index in [9.17, 15) is 4.79 Å². The molecule has 1 aromatic carbocycles. The second-order valence-corrected chi connectivity index (χ2v) is 7.73. The summed E-state index contributed by atoms with van der Waals surface area (Å²) in [6, 6.07) is 12.4. The van der Waals surface area contributed by atoms with Crippen molar-refractivity contribution in [2.75, 3.05) is 0 Å². The van der Waals surface area contributed by atoms with Gasteiger partial charge in [-0.15, -0.1) is 11.3 Å². The lowest BCUT2D eigenvalue weighted by atomic mass is 10.0. The molecule has 1 saturated carbocycles. The van der Waals surface area contributed by atoms with Crippen molar-refractivity contribution in [3.63, 3.8) is 0 Å². The summed E-state index contributed by atoms with van der Waals surface area (Å²) in [4.78, 5) is 17.8. The van der Waals surface area contributed by atoms with Crippen molar-refractivity contribution in [2.24, 2.45) is 5.92 Å². The summed E-state index contributed by atoms with van der Waals surface area (Å²) in [5, 5.41) is 9.15. The Morgan fingerprint density at radius 3 is 2.81 bits per heavy atom. The van der Waals surface area contributed by atoms with Gasteiger partial charge in [0.2, 0.25) is 17.6 Å². The number of thiophene rings is 1. The van der Waals surface area contributed by atoms with Gasteiger partial charge in [0.05, 0.1) is 10.9 Å². The fourth-order valence-corrected chi connectivity index (χ4v) is 3.65. The maximum Gasteiger partial charge on any atom is 0.227 e. The van der Waals surface area contributed by atoms with E-state index in [1.165, 1.54) is 24.0 Å². The van der Waals surface area contributed by atoms with Crippen LogP contribution in [0.25, 0.3) is 10.7 Å². The molecule has 0 spiro atoms. The third-order valence-electron chi connectivity index (χ3n) is 4.62. The third kappa shape index (κ3) is 4.02. The first-order valence-corrected chi connectivity index (χ1v) is 9.79. The van der Waals surface area contributed by atoms with Gasteiger partial charge >= 0.3 is 0 Å². The van der Waals surface area contributed by atoms with Crippen LogP contribution in [0, 0.1) is 12.8 Å². The lowest BCUT2D eigenvalue weighted by molar-refractivity contribution is -0.122. The summed E-state index contributed by atoms with van der Waals surface area (Å²) < 4.78 is 5.27. The van der Waals surface area contributed by atoms with E-state index < -0.39 is 0 Å². The van der Waals surface area contributed by atoms with Crippen LogP contribution in [0.1, 0.15) is 42.3 Å². The van der Waals surface area contributed by atoms with E-state index in [0.717, 1.165) is 4.88 Å². The van der Waals surface area contributed by atoms with Crippen LogP contribution in [0.15, 0.2) is 46.3 Å². The van der Waals surface area contributed by atoms with Crippen LogP contribution in [0.3, 0.4) is 0 Å². The predicted octanol–water partition coefficient (Wildman–Crippen LogP) is 4.31. The minimum absolute atomic E-state index is 0.0262. The zero-order valence-corrected chi connectivity index (χ0v) is 15.5. The molecule has 134 valence electrons. The summed E-state index contributed by atoms with van der Waals surface area (Å²) in [5.74, 6) is 1.67. The molecule has 0 saturated heterocycles. The van der Waals surface area contributed by atoms with Gasteiger partial charge in [0.25, 0.3) is 0 Å². The number of nitrogens with zero attached hydrogens (tertiary/aromatic N) is 2. The molecule has 26 heavy (non-hydrogen) atoms. The van der Waals surface area contributed by atoms with Crippen LogP contribution < -0.4 is 5.32 Å². The molecule has 4 rings (SSSR count). The molecule has 1 fully saturated rings. The summed E-state index contributed by atoms with van der Waals surface area (Å²) in [6.45, 7) is 2.07. The van der Waals surface area contributed by atoms with Gasteiger partial charge in [-0.05, 0) is 42.7 Å². The number of hydrogen-bond donors (Lipinski definition) is 1. The van der Waals surface area contributed by atoms with Crippen molar-refractivity contribution >= 4 is 17.2 Å². The molecule has 0 aliphatic heterocycles. The average Bonchev–Trinajstić information content (AvgIpc) is 3.14. The largest absolute Gasteiger partial charge is 0.349 e. The van der Waals surface area contributed by atoms with Gasteiger partial charge in [0.1, 0.15) is 0 Å². The Kier molecular flexibility index (Phi) is 4.84. The van der Waals surface area contributed by atoms with Crippen molar-refractivity contribution in [3.05, 3.63) is 58.8 Å². The normalized spacial score (nSPS) is 15.0. The van der Waals surface area contributed by atoms with Crippen LogP contribution in [0.4, 0.5) is 0 Å². The first kappa shape index (κ1) is 17.0. The van der Waals surface area contributed by atoms with Crippen molar-refractivity contribution < 1.29 is 9.32 Å². The molecule has 1 amide bonds. The van der Waals surface area contributed by atoms with Crippen LogP contribution in [-0.2, 0) is 11.2 Å². The zero-order chi connectivity index (χ0) is 17.9. The highest BCUT2D eigenvalue weighted by molar-refractivity contribution is 7.13. The summed E-state index contributed by atoms with van der Waals surface area (Å²) in [6.07, 6.45) is 3.15. The number of carbonyl (C=O) groups excluding carboxylic acids is 1. The van der Waals surface area contributed by atoms with Gasteiger partial charge in [0, 0.05) is 12.8 Å². The van der Waals surface area contributed by atoms with Gasteiger partial charge in [-0.1, -0.05) is 41.1 Å². The van der Waals surface area contributed by atoms with Crippen LogP contribution >= 0.6 is 11.3 Å². The molecule has 6 heteroatoms. The Morgan fingerprint density at radius 2 is 2.12 bits per heavy atom. The summed E-state index contributed by atoms with van der Waals surface area (Å²) in [7, 11) is 0. The summed E-state index contributed by atoms with van der Waals surface area (Å²) in [5.41, 5.74) is 2.41. The second-order valence-electron chi connectivity index (χ2n) is 6.78. The molecule has 1 N–H and O–H groups in total. The molecular formula is C20H21N3O2S. The lowest BCUT2D eigenvalue weighted by Gasteiger charge is -2.19. The monoisotopic (exact) mass is 367 g/mol. The molecule has 1 atom stereocenters. The quantitative estimate of drug-likeness (QED) is 0.676. The number of carbonyl (C=O) groups is 1. The van der Waals surface area contributed by atoms with E-state index in [4.69, 9.17) is 4.52 Å². The highest BCUT2D eigenvalue weighted by Crippen LogP contribution is 2.41. The van der Waals surface area contributed by atoms with E-state index in [0.29, 0.717) is 30.5 Å². The molecule has 1 unspecified atom stereocenters. The summed E-state index contributed by atoms with van der Waals surface area (Å²) >= 11 is 1.57. The topological polar surface area (TPSA) is 68.0 Å². The van der Waals surface area contributed by atoms with Crippen molar-refractivity contribution in [2.45, 2.75) is 38.6 Å². The fraction of sp³-hybridized carbons (Fsp3) is 0.350. The molecule has 2 aromatic heterocycles. The van der Waals surface area contributed by atoms with E-state index in [1.54, 1.807) is 11.3 Å². The van der Waals surface area contributed by atoms with Gasteiger partial charge in [0.15, 0.2) is 0 Å². The Bertz CT molecular complexity index is 867. The Hall–Kier alpha value is -2.47. The van der Waals surface area contributed by atoms with Gasteiger partial charge in [-0.25, -0.2) is 0 Å². The van der Waals surface area contributed by atoms with E-state index in [2.05, 4.69) is 46.6 Å². The number of aromatic nitrogens is 2. The second kappa shape index (κ2) is 7.41. The number of aryl methyl sites for hydroxylation is 2. The number of rotatable bonds is 7. The maximum absolute atomic E-state index is 12.4. The number of benzene rings is 1. The first-order chi connectivity index (χ1) is 12.7. The predicted molar refractivity (Wildman–Crippen MR) is 101 cm³/mol. The van der Waals surface area contributed by atoms with Crippen molar-refractivity contribution in [1.82, 2.24) is 15.5 Å². The molecule has 3 aromatic rings. The fourth-order valence-electron chi connectivity index (χ4n) is 3.01. The molecule has 0 bridgehead atoms. The number of hydrogen-bond acceptors (Lipinski definition) is 5. The smallest absolute Gasteiger partial charge is 0.227 e. The third-order valence-corrected chi connectivity index (χ3v) is 5.49. The molecule has 1 aliphatic carbocycles. The first-order valence-electron chi connectivity index (χ1n) is 8.91. The Balaban J connectivity index is 1.35. The van der Waals surface area contributed by atoms with Gasteiger partial charge in [-0.2, -0.15) is 4.98 Å². The van der Waals surface area contributed by atoms with E-state index in [-0.39, 0.29) is 11.9 Å². The van der Waals surface area contributed by atoms with Crippen molar-refractivity contribution in [1.29, 1.82) is 0 Å². The Labute approximate surface area is 156 Å². The number of amides is 1. The average molecular weight is 367 g/mol. The minimum atomic E-state index is 0.0262. The van der Waals surface area contributed by atoms with Gasteiger partial charge in [-0.3, -0.25) is 4.79 Å². The highest BCUT2D eigenvalue weighted by Gasteiger charge is 2.33. The zero-order valence-electron chi connectivity index (χ0n) is 14.6. The van der Waals surface area contributed by atoms with E-state index >= 15 is 0 Å². The highest BCUT2D eigenvalue weighted by atomic mass is 32.1. The van der Waals surface area contributed by atoms with Crippen LogP contribution in [0.2, 0.25) is 0 Å². The van der Waals surface area contributed by atoms with E-state index in [1.807, 2.05) is 17.5 Å². The van der Waals surface area contributed by atoms with Crippen LogP contribution in [0.5, 0.6) is 0 Å². The molecule has 1 aliphatic rings. The Morgan fingerprint density at radius 1 is 1.31 bits per heavy atom. The minimum Gasteiger partial charge on any atom is -0.349 e. The maximum atomic E-state index is 12.4. The molecule has 5 nitrogen and oxygen atoms in total. The molecule has 0 radical (unpaired) electrons. The molecule has 2 heterocycles. The standard InChI is InChI=1S/C20H21N3O2S/c1-13-4-6-14(7-5-13)19(15-8-9-15)21-17(24)10-11-18-22-20(23-25-18)16-3-2-12-26-16/h2-7,12,15,19H,8-11H2,1H3,(H,21,24). The number of nitrogens with one attached hydrogen (secondary N) is 1. The van der Waals surface area contributed by atoms with Gasteiger partial charge < -0.3 is 9.84 Å². The molecular weight excluding hydrogens is 346 g/mol. The van der Waals surface area contributed by atoms with Crippen LogP contribution in [-0.4, -0.2) is 16.0 Å². The SMILES string of the molecule is Cc1ccc(C(NC(=O)CCc2nc(-c3cccs3)no2)C2CC2)cc1.